The molecule has 106 valence electrons. The van der Waals surface area contributed by atoms with Gasteiger partial charge in [0.25, 0.3) is 18.6 Å². The van der Waals surface area contributed by atoms with Gasteiger partial charge in [0.05, 0.1) is 4.92 Å². The van der Waals surface area contributed by atoms with Gasteiger partial charge in [-0.3, -0.25) is 19.9 Å². The summed E-state index contributed by atoms with van der Waals surface area (Å²) in [6.45, 7) is 5.92. The van der Waals surface area contributed by atoms with Gasteiger partial charge in [-0.25, -0.2) is 8.78 Å². The molecule has 1 aromatic heterocycles. The molecule has 0 amide bonds. The average Bonchev–Trinajstić information content (AvgIpc) is 2.28. The van der Waals surface area contributed by atoms with Gasteiger partial charge < -0.3 is 4.74 Å². The normalized spacial score (nSPS) is 10.4. The van der Waals surface area contributed by atoms with Gasteiger partial charge in [0, 0.05) is 17.8 Å². The molecule has 1 heterocycles. The van der Waals surface area contributed by atoms with E-state index in [4.69, 9.17) is 0 Å². The van der Waals surface area contributed by atoms with E-state index in [9.17, 15) is 23.7 Å². The summed E-state index contributed by atoms with van der Waals surface area (Å²) in [4.78, 5) is 22.2. The van der Waals surface area contributed by atoms with Crippen molar-refractivity contribution >= 4 is 12.2 Å². The molecule has 0 aliphatic rings. The van der Waals surface area contributed by atoms with Crippen molar-refractivity contribution in [3.05, 3.63) is 34.1 Å². The quantitative estimate of drug-likeness (QED) is 0.481. The maximum Gasteiger partial charge on any atom is 0.293 e. The van der Waals surface area contributed by atoms with Crippen LogP contribution >= 0.6 is 0 Å². The van der Waals surface area contributed by atoms with E-state index >= 15 is 0 Å². The summed E-state index contributed by atoms with van der Waals surface area (Å²) >= 11 is 0. The van der Waals surface area contributed by atoms with E-state index in [2.05, 4.69) is 9.72 Å². The number of aromatic nitrogens is 1. The highest BCUT2D eigenvalue weighted by atomic mass is 19.3. The third-order valence-electron chi connectivity index (χ3n) is 1.61. The number of carbonyl (C=O) groups is 1. The molecule has 0 radical (unpaired) electrons. The van der Waals surface area contributed by atoms with Gasteiger partial charge in [0.1, 0.15) is 11.8 Å². The Balaban J connectivity index is 0.000000399. The Morgan fingerprint density at radius 3 is 2.32 bits per heavy atom. The number of alkyl halides is 2. The van der Waals surface area contributed by atoms with Crippen LogP contribution < -0.4 is 0 Å². The van der Waals surface area contributed by atoms with Crippen LogP contribution in [0.3, 0.4) is 0 Å². The predicted molar refractivity (Wildman–Crippen MR) is 62.8 cm³/mol. The number of hydrogen-bond donors (Lipinski definition) is 0. The van der Waals surface area contributed by atoms with Crippen LogP contribution in [-0.4, -0.2) is 22.0 Å². The minimum absolute atomic E-state index is 0.318. The molecule has 0 aliphatic carbocycles. The third-order valence-corrected chi connectivity index (χ3v) is 1.61. The molecule has 8 heteroatoms. The van der Waals surface area contributed by atoms with Crippen molar-refractivity contribution in [1.82, 2.24) is 4.98 Å². The van der Waals surface area contributed by atoms with Gasteiger partial charge in [0.15, 0.2) is 0 Å². The molecule has 0 bridgehead atoms. The minimum Gasteiger partial charge on any atom is -0.462 e. The van der Waals surface area contributed by atoms with Crippen LogP contribution in [0.15, 0.2) is 18.5 Å². The standard InChI is InChI=1S/C6H4F2N2O2.C5H10O2/c7-6(8)4-1-5(10(11)12)3-9-2-4;1-5(2,3)7-4-6/h1-3,6H;4H,1-3H3. The predicted octanol–water partition coefficient (Wildman–Crippen LogP) is 2.89. The number of hydrogen-bond acceptors (Lipinski definition) is 5. The zero-order valence-electron chi connectivity index (χ0n) is 10.7. The van der Waals surface area contributed by atoms with Gasteiger partial charge in [-0.05, 0) is 20.8 Å². The van der Waals surface area contributed by atoms with Crippen LogP contribution in [0.1, 0.15) is 32.8 Å². The number of rotatable bonds is 3. The first-order valence-electron chi connectivity index (χ1n) is 5.16. The highest BCUT2D eigenvalue weighted by molar-refractivity contribution is 5.37. The van der Waals surface area contributed by atoms with Crippen molar-refractivity contribution in [3.63, 3.8) is 0 Å². The molecule has 19 heavy (non-hydrogen) atoms. The SMILES string of the molecule is CC(C)(C)OC=O.O=[N+]([O-])c1cncc(C(F)F)c1. The molecule has 6 nitrogen and oxygen atoms in total. The molecule has 0 atom stereocenters. The number of pyridine rings is 1. The summed E-state index contributed by atoms with van der Waals surface area (Å²) in [5, 5.41) is 10.1. The Morgan fingerprint density at radius 1 is 1.42 bits per heavy atom. The highest BCUT2D eigenvalue weighted by Gasteiger charge is 2.12. The lowest BCUT2D eigenvalue weighted by atomic mass is 10.2. The van der Waals surface area contributed by atoms with E-state index in [1.165, 1.54) is 0 Å². The molecule has 0 saturated carbocycles. The summed E-state index contributed by atoms with van der Waals surface area (Å²) in [5.74, 6) is 0. The molecule has 1 rings (SSSR count). The number of nitro groups is 1. The third kappa shape index (κ3) is 7.74. The molecule has 0 spiro atoms. The largest absolute Gasteiger partial charge is 0.462 e. The Morgan fingerprint density at radius 2 is 2.00 bits per heavy atom. The number of carbonyl (C=O) groups excluding carboxylic acids is 1. The summed E-state index contributed by atoms with van der Waals surface area (Å²) in [6, 6.07) is 0.803. The average molecular weight is 276 g/mol. The highest BCUT2D eigenvalue weighted by Crippen LogP contribution is 2.21. The van der Waals surface area contributed by atoms with Crippen LogP contribution in [0.25, 0.3) is 0 Å². The van der Waals surface area contributed by atoms with E-state index in [1.807, 2.05) is 20.8 Å². The summed E-state index contributed by atoms with van der Waals surface area (Å²) in [6.07, 6.45) is -0.902. The summed E-state index contributed by atoms with van der Waals surface area (Å²) in [5.41, 5.74) is -1.18. The smallest absolute Gasteiger partial charge is 0.293 e. The number of halogens is 2. The first-order chi connectivity index (χ1) is 8.67. The van der Waals surface area contributed by atoms with Gasteiger partial charge in [0.2, 0.25) is 0 Å². The molecule has 1 aromatic rings. The summed E-state index contributed by atoms with van der Waals surface area (Å²) < 4.78 is 28.4. The van der Waals surface area contributed by atoms with E-state index in [0.29, 0.717) is 6.47 Å². The zero-order valence-corrected chi connectivity index (χ0v) is 10.7. The van der Waals surface area contributed by atoms with Gasteiger partial charge in [-0.15, -0.1) is 0 Å². The summed E-state index contributed by atoms with van der Waals surface area (Å²) in [7, 11) is 0. The van der Waals surface area contributed by atoms with E-state index in [0.717, 1.165) is 18.5 Å². The molecule has 0 fully saturated rings. The molecule has 0 aromatic carbocycles. The van der Waals surface area contributed by atoms with Gasteiger partial charge in [-0.2, -0.15) is 0 Å². The molecule has 0 aliphatic heterocycles. The molecule has 0 N–H and O–H groups in total. The molecular formula is C11H14F2N2O4. The van der Waals surface area contributed by atoms with Gasteiger partial charge >= 0.3 is 0 Å². The van der Waals surface area contributed by atoms with E-state index in [-0.39, 0.29) is 5.60 Å². The van der Waals surface area contributed by atoms with Crippen molar-refractivity contribution in [1.29, 1.82) is 0 Å². The fourth-order valence-corrected chi connectivity index (χ4v) is 0.809. The van der Waals surface area contributed by atoms with Crippen LogP contribution in [0.4, 0.5) is 14.5 Å². The lowest BCUT2D eigenvalue weighted by Gasteiger charge is -2.14. The van der Waals surface area contributed by atoms with Crippen LogP contribution in [0.5, 0.6) is 0 Å². The Kier molecular flexibility index (Phi) is 6.53. The molecule has 0 saturated heterocycles. The minimum atomic E-state index is -2.72. The second-order valence-corrected chi connectivity index (χ2v) is 4.36. The van der Waals surface area contributed by atoms with Crippen molar-refractivity contribution in [2.45, 2.75) is 32.8 Å². The fourth-order valence-electron chi connectivity index (χ4n) is 0.809. The zero-order chi connectivity index (χ0) is 15.1. The lowest BCUT2D eigenvalue weighted by Crippen LogP contribution is -2.17. The van der Waals surface area contributed by atoms with Crippen molar-refractivity contribution in [2.24, 2.45) is 0 Å². The maximum atomic E-state index is 11.9. The van der Waals surface area contributed by atoms with E-state index < -0.39 is 22.6 Å². The number of nitrogens with zero attached hydrogens (tertiary/aromatic N) is 2. The number of ether oxygens (including phenoxy) is 1. The second-order valence-electron chi connectivity index (χ2n) is 4.36. The first kappa shape index (κ1) is 16.9. The molecular weight excluding hydrogens is 262 g/mol. The Labute approximate surface area is 108 Å². The van der Waals surface area contributed by atoms with Crippen LogP contribution in [0, 0.1) is 10.1 Å². The lowest BCUT2D eigenvalue weighted by molar-refractivity contribution is -0.385. The van der Waals surface area contributed by atoms with Crippen LogP contribution in [-0.2, 0) is 9.53 Å². The van der Waals surface area contributed by atoms with Crippen molar-refractivity contribution < 1.29 is 23.2 Å². The second kappa shape index (κ2) is 7.34. The molecule has 0 unspecified atom stereocenters. The van der Waals surface area contributed by atoms with Crippen molar-refractivity contribution in [2.75, 3.05) is 0 Å². The Bertz CT molecular complexity index is 433. The van der Waals surface area contributed by atoms with E-state index in [1.54, 1.807) is 0 Å². The first-order valence-corrected chi connectivity index (χ1v) is 5.16. The maximum absolute atomic E-state index is 11.9. The topological polar surface area (TPSA) is 82.3 Å². The monoisotopic (exact) mass is 276 g/mol. The van der Waals surface area contributed by atoms with Crippen molar-refractivity contribution in [3.8, 4) is 0 Å². The van der Waals surface area contributed by atoms with Crippen LogP contribution in [0.2, 0.25) is 0 Å². The fraction of sp³-hybridized carbons (Fsp3) is 0.455. The van der Waals surface area contributed by atoms with Gasteiger partial charge in [-0.1, -0.05) is 0 Å². The Hall–Kier alpha value is -2.12.